The van der Waals surface area contributed by atoms with Gasteiger partial charge in [0, 0.05) is 37.3 Å². The highest BCUT2D eigenvalue weighted by Gasteiger charge is 2.29. The molecular formula is C25H28BN2O3. The lowest BCUT2D eigenvalue weighted by atomic mass is 9.84. The minimum absolute atomic E-state index is 0. The first kappa shape index (κ1) is 21.5. The van der Waals surface area contributed by atoms with E-state index in [1.807, 2.05) is 41.8 Å². The SMILES string of the molecule is CCC(C(=O)O)n1c2ccccc2c2ccc(OCC=C3CN4CCC3CC4)cc21.[B]. The second-order valence-electron chi connectivity index (χ2n) is 8.47. The average molecular weight is 415 g/mol. The standard InChI is InChI=1S/C25H28N2O3.B/c1-2-22(25(28)29)27-23-6-4-3-5-20(23)21-8-7-19(15-24(21)27)30-14-11-18-16-26-12-9-17(18)10-13-26;/h3-8,11,15,17,22H,2,9-10,12-14,16H2,1H3,(H,28,29);. The van der Waals surface area contributed by atoms with Crippen molar-refractivity contribution in [2.24, 2.45) is 5.92 Å². The summed E-state index contributed by atoms with van der Waals surface area (Å²) in [7, 11) is 0. The third-order valence-electron chi connectivity index (χ3n) is 6.78. The summed E-state index contributed by atoms with van der Waals surface area (Å²) in [5.41, 5.74) is 3.38. The fraction of sp³-hybridized carbons (Fsp3) is 0.400. The molecule has 1 unspecified atom stereocenters. The number of carboxylic acid groups (broad SMARTS) is 1. The zero-order valence-electron chi connectivity index (χ0n) is 18.0. The smallest absolute Gasteiger partial charge is 0.326 e. The van der Waals surface area contributed by atoms with Gasteiger partial charge in [-0.1, -0.05) is 30.7 Å². The van der Waals surface area contributed by atoms with Crippen molar-refractivity contribution in [2.75, 3.05) is 26.2 Å². The van der Waals surface area contributed by atoms with Crippen LogP contribution in [0, 0.1) is 5.92 Å². The number of carboxylic acids is 1. The number of aromatic nitrogens is 1. The molecule has 2 aromatic carbocycles. The number of hydrogen-bond donors (Lipinski definition) is 1. The molecule has 3 aromatic rings. The maximum atomic E-state index is 11.9. The Morgan fingerprint density at radius 3 is 2.58 bits per heavy atom. The Bertz CT molecular complexity index is 1130. The van der Waals surface area contributed by atoms with Crippen molar-refractivity contribution in [1.29, 1.82) is 0 Å². The van der Waals surface area contributed by atoms with Gasteiger partial charge >= 0.3 is 5.97 Å². The molecule has 4 heterocycles. The topological polar surface area (TPSA) is 54.7 Å². The van der Waals surface area contributed by atoms with E-state index in [1.54, 1.807) is 0 Å². The predicted octanol–water partition coefficient (Wildman–Crippen LogP) is 4.48. The van der Waals surface area contributed by atoms with Gasteiger partial charge in [-0.25, -0.2) is 4.79 Å². The van der Waals surface area contributed by atoms with Gasteiger partial charge in [-0.3, -0.25) is 4.90 Å². The van der Waals surface area contributed by atoms with E-state index in [-0.39, 0.29) is 8.41 Å². The molecule has 6 heteroatoms. The third kappa shape index (κ3) is 3.85. The van der Waals surface area contributed by atoms with Crippen LogP contribution in [-0.2, 0) is 4.79 Å². The van der Waals surface area contributed by atoms with Gasteiger partial charge in [0.25, 0.3) is 0 Å². The molecule has 1 N–H and O–H groups in total. The highest BCUT2D eigenvalue weighted by atomic mass is 16.5. The zero-order chi connectivity index (χ0) is 20.7. The van der Waals surface area contributed by atoms with E-state index in [0.29, 0.717) is 13.0 Å². The molecule has 159 valence electrons. The predicted molar refractivity (Wildman–Crippen MR) is 125 cm³/mol. The van der Waals surface area contributed by atoms with Crippen molar-refractivity contribution >= 4 is 36.2 Å². The highest BCUT2D eigenvalue weighted by molar-refractivity contribution is 6.09. The Kier molecular flexibility index (Phi) is 6.10. The molecule has 0 saturated carbocycles. The average Bonchev–Trinajstić information content (AvgIpc) is 3.09. The molecule has 3 radical (unpaired) electrons. The molecule has 1 atom stereocenters. The third-order valence-corrected chi connectivity index (χ3v) is 6.78. The summed E-state index contributed by atoms with van der Waals surface area (Å²) in [6.45, 7) is 6.01. The van der Waals surface area contributed by atoms with Crippen LogP contribution in [0.25, 0.3) is 21.8 Å². The van der Waals surface area contributed by atoms with Crippen LogP contribution in [0.5, 0.6) is 5.75 Å². The molecular weight excluding hydrogens is 387 g/mol. The maximum Gasteiger partial charge on any atom is 0.326 e. The molecule has 5 nitrogen and oxygen atoms in total. The molecule has 31 heavy (non-hydrogen) atoms. The summed E-state index contributed by atoms with van der Waals surface area (Å²) in [6, 6.07) is 13.5. The lowest BCUT2D eigenvalue weighted by Gasteiger charge is -2.41. The number of benzene rings is 2. The van der Waals surface area contributed by atoms with Crippen molar-refractivity contribution in [3.63, 3.8) is 0 Å². The van der Waals surface area contributed by atoms with E-state index in [0.717, 1.165) is 40.0 Å². The number of fused-ring (bicyclic) bond motifs is 6. The molecule has 3 aliphatic heterocycles. The summed E-state index contributed by atoms with van der Waals surface area (Å²) in [6.07, 6.45) is 5.32. The summed E-state index contributed by atoms with van der Waals surface area (Å²) in [5, 5.41) is 11.9. The van der Waals surface area contributed by atoms with E-state index < -0.39 is 12.0 Å². The largest absolute Gasteiger partial charge is 0.489 e. The van der Waals surface area contributed by atoms with Crippen LogP contribution in [0.3, 0.4) is 0 Å². The van der Waals surface area contributed by atoms with Crippen LogP contribution in [0.4, 0.5) is 0 Å². The zero-order valence-corrected chi connectivity index (χ0v) is 18.0. The number of aliphatic carboxylic acids is 1. The second-order valence-corrected chi connectivity index (χ2v) is 8.47. The van der Waals surface area contributed by atoms with Gasteiger partial charge in [-0.05, 0) is 62.5 Å². The van der Waals surface area contributed by atoms with Crippen LogP contribution in [0.15, 0.2) is 54.1 Å². The first-order chi connectivity index (χ1) is 14.7. The van der Waals surface area contributed by atoms with Gasteiger partial charge in [0.15, 0.2) is 0 Å². The molecule has 2 bridgehead atoms. The quantitative estimate of drug-likeness (QED) is 0.477. The van der Waals surface area contributed by atoms with Crippen LogP contribution >= 0.6 is 0 Å². The highest BCUT2D eigenvalue weighted by Crippen LogP contribution is 2.35. The first-order valence-electron chi connectivity index (χ1n) is 10.9. The fourth-order valence-corrected chi connectivity index (χ4v) is 5.20. The van der Waals surface area contributed by atoms with Gasteiger partial charge in [0.05, 0.1) is 5.52 Å². The fourth-order valence-electron chi connectivity index (χ4n) is 5.20. The molecule has 6 rings (SSSR count). The number of para-hydroxylation sites is 1. The summed E-state index contributed by atoms with van der Waals surface area (Å²) >= 11 is 0. The van der Waals surface area contributed by atoms with Crippen molar-refractivity contribution in [3.05, 3.63) is 54.1 Å². The minimum atomic E-state index is -0.807. The maximum absolute atomic E-state index is 11.9. The monoisotopic (exact) mass is 415 g/mol. The van der Waals surface area contributed by atoms with Gasteiger partial charge in [0.2, 0.25) is 0 Å². The van der Waals surface area contributed by atoms with E-state index in [4.69, 9.17) is 4.74 Å². The minimum Gasteiger partial charge on any atom is -0.489 e. The number of hydrogen-bond acceptors (Lipinski definition) is 3. The number of carbonyl (C=O) groups is 1. The van der Waals surface area contributed by atoms with Crippen molar-refractivity contribution in [3.8, 4) is 5.75 Å². The Labute approximate surface area is 184 Å². The van der Waals surface area contributed by atoms with E-state index >= 15 is 0 Å². The van der Waals surface area contributed by atoms with E-state index in [1.165, 1.54) is 31.5 Å². The molecule has 3 fully saturated rings. The molecule has 0 aliphatic carbocycles. The Morgan fingerprint density at radius 2 is 1.90 bits per heavy atom. The number of ether oxygens (including phenoxy) is 1. The molecule has 0 spiro atoms. The lowest BCUT2D eigenvalue weighted by Crippen LogP contribution is -2.43. The van der Waals surface area contributed by atoms with Gasteiger partial charge in [0.1, 0.15) is 18.4 Å². The van der Waals surface area contributed by atoms with Crippen LogP contribution < -0.4 is 4.74 Å². The van der Waals surface area contributed by atoms with Crippen LogP contribution in [0.1, 0.15) is 32.2 Å². The summed E-state index contributed by atoms with van der Waals surface area (Å²) in [4.78, 5) is 14.5. The molecule has 0 amide bonds. The Hall–Kier alpha value is -2.73. The second kappa shape index (κ2) is 8.79. The lowest BCUT2D eigenvalue weighted by molar-refractivity contribution is -0.140. The van der Waals surface area contributed by atoms with Crippen molar-refractivity contribution in [2.45, 2.75) is 32.2 Å². The Balaban J connectivity index is 0.00000231. The van der Waals surface area contributed by atoms with Crippen LogP contribution in [-0.4, -0.2) is 55.2 Å². The van der Waals surface area contributed by atoms with E-state index in [2.05, 4.69) is 23.1 Å². The van der Waals surface area contributed by atoms with Crippen molar-refractivity contribution < 1.29 is 14.6 Å². The summed E-state index contributed by atoms with van der Waals surface area (Å²) in [5.74, 6) is 0.702. The van der Waals surface area contributed by atoms with Gasteiger partial charge in [-0.15, -0.1) is 0 Å². The van der Waals surface area contributed by atoms with Crippen LogP contribution in [0.2, 0.25) is 0 Å². The van der Waals surface area contributed by atoms with Gasteiger partial charge in [-0.2, -0.15) is 0 Å². The number of rotatable bonds is 6. The van der Waals surface area contributed by atoms with Crippen molar-refractivity contribution in [1.82, 2.24) is 9.47 Å². The van der Waals surface area contributed by atoms with Gasteiger partial charge < -0.3 is 14.4 Å². The first-order valence-corrected chi connectivity index (χ1v) is 10.9. The summed E-state index contributed by atoms with van der Waals surface area (Å²) < 4.78 is 8.04. The molecule has 1 aromatic heterocycles. The number of piperidine rings is 3. The normalized spacial score (nSPS) is 22.5. The molecule has 3 saturated heterocycles. The number of nitrogens with zero attached hydrogens (tertiary/aromatic N) is 2. The molecule has 3 aliphatic rings. The van der Waals surface area contributed by atoms with E-state index in [9.17, 15) is 9.90 Å². The Morgan fingerprint density at radius 1 is 1.16 bits per heavy atom.